The maximum absolute atomic E-state index is 14.4. The fourth-order valence-electron chi connectivity index (χ4n) is 4.64. The number of carbonyl (C=O) groups excluding carboxylic acids is 3. The van der Waals surface area contributed by atoms with E-state index in [1.165, 1.54) is 34.9 Å². The van der Waals surface area contributed by atoms with Crippen molar-refractivity contribution in [1.82, 2.24) is 5.32 Å². The molecule has 0 aromatic heterocycles. The zero-order chi connectivity index (χ0) is 42.1. The summed E-state index contributed by atoms with van der Waals surface area (Å²) in [5, 5.41) is 5.03. The number of rotatable bonds is 7. The lowest BCUT2D eigenvalue weighted by atomic mass is 10.1. The molecule has 0 heterocycles. The van der Waals surface area contributed by atoms with E-state index in [9.17, 15) is 31.9 Å². The van der Waals surface area contributed by atoms with Crippen molar-refractivity contribution in [1.29, 1.82) is 0 Å². The lowest BCUT2D eigenvalue weighted by Crippen LogP contribution is -2.26. The van der Waals surface area contributed by atoms with E-state index in [4.69, 9.17) is 0 Å². The summed E-state index contributed by atoms with van der Waals surface area (Å²) in [6, 6.07) is 37.5. The lowest BCUT2D eigenvalue weighted by molar-refractivity contribution is 0.0717. The van der Waals surface area contributed by atoms with Crippen LogP contribution in [0.25, 0.3) is 0 Å². The maximum Gasteiger partial charge on any atom is 0.343 e. The zero-order valence-corrected chi connectivity index (χ0v) is 36.4. The van der Waals surface area contributed by atoms with Crippen molar-refractivity contribution in [3.63, 3.8) is 0 Å². The Morgan fingerprint density at radius 1 is 0.569 bits per heavy atom. The number of hydrogen-bond donors (Lipinski definition) is 2. The van der Waals surface area contributed by atoms with Gasteiger partial charge in [0.25, 0.3) is 11.8 Å². The average Bonchev–Trinajstić information content (AvgIpc) is 3.21. The van der Waals surface area contributed by atoms with Crippen LogP contribution in [0.15, 0.2) is 136 Å². The highest BCUT2D eigenvalue weighted by molar-refractivity contribution is 9.10. The van der Waals surface area contributed by atoms with E-state index >= 15 is 0 Å². The Morgan fingerprint density at radius 2 is 1.02 bits per heavy atom. The summed E-state index contributed by atoms with van der Waals surface area (Å²) in [7, 11) is 0. The Labute approximate surface area is 359 Å². The van der Waals surface area contributed by atoms with Gasteiger partial charge in [-0.05, 0) is 74.9 Å². The van der Waals surface area contributed by atoms with Gasteiger partial charge in [0.15, 0.2) is 11.6 Å². The van der Waals surface area contributed by atoms with Crippen molar-refractivity contribution in [2.24, 2.45) is 0 Å². The van der Waals surface area contributed by atoms with Crippen molar-refractivity contribution in [3.8, 4) is 5.75 Å². The number of esters is 1. The molecule has 0 radical (unpaired) electrons. The number of nitrogens with one attached hydrogen (secondary N) is 2. The molecule has 0 aliphatic rings. The summed E-state index contributed by atoms with van der Waals surface area (Å²) in [5.74, 6) is -12.2. The first-order valence-electron chi connectivity index (χ1n) is 17.6. The molecule has 6 rings (SSSR count). The molecule has 0 spiro atoms. The van der Waals surface area contributed by atoms with Crippen LogP contribution < -0.4 is 15.4 Å². The third-order valence-electron chi connectivity index (χ3n) is 7.62. The van der Waals surface area contributed by atoms with Crippen LogP contribution in [0.3, 0.4) is 0 Å². The summed E-state index contributed by atoms with van der Waals surface area (Å²) >= 11 is 6.45. The maximum atomic E-state index is 14.4. The highest BCUT2D eigenvalue weighted by Gasteiger charge is 2.32. The van der Waals surface area contributed by atoms with E-state index in [1.54, 1.807) is 48.5 Å². The van der Waals surface area contributed by atoms with E-state index in [2.05, 4.69) is 85.3 Å². The summed E-state index contributed by atoms with van der Waals surface area (Å²) in [6.45, 7) is 10.1. The van der Waals surface area contributed by atoms with Gasteiger partial charge in [-0.2, -0.15) is 22.3 Å². The van der Waals surface area contributed by atoms with Crippen LogP contribution in [0, 0.1) is 44.0 Å². The van der Waals surface area contributed by atoms with Gasteiger partial charge in [0.1, 0.15) is 5.56 Å². The molecule has 6 nitrogen and oxygen atoms in total. The standard InChI is InChI=1S/C21H12BrF4NO3.C14H12BrNO.C8H10.C2H6.H2S/c22-13-8-4-7-12(9-13)21(29)30-19-17(25)15(23)14(16(24)18(19)26)20(28)27-10-11-5-2-1-3-6-11;1-10-5-7-13(8-6-10)16-14(17)11-3-2-4-12(15)9-11;1-7-3-5-8(2)6-4-7;1-2;/h1-9H,10H2,(H,27,28);2-9H,1H3,(H,16,17);3-6H,1-2H3;1-2H3;1H2. The number of aryl methyl sites for hydroxylation is 3. The van der Waals surface area contributed by atoms with Crippen LogP contribution in [0.2, 0.25) is 0 Å². The van der Waals surface area contributed by atoms with E-state index in [0.29, 0.717) is 15.6 Å². The smallest absolute Gasteiger partial charge is 0.343 e. The highest BCUT2D eigenvalue weighted by Crippen LogP contribution is 2.31. The van der Waals surface area contributed by atoms with Crippen LogP contribution in [-0.2, 0) is 6.54 Å². The van der Waals surface area contributed by atoms with E-state index in [0.717, 1.165) is 10.2 Å². The fourth-order valence-corrected chi connectivity index (χ4v) is 5.44. The van der Waals surface area contributed by atoms with Gasteiger partial charge in [-0.3, -0.25) is 9.59 Å². The van der Waals surface area contributed by atoms with Crippen LogP contribution in [-0.4, -0.2) is 17.8 Å². The quantitative estimate of drug-likeness (QED) is 0.0723. The molecule has 6 aromatic rings. The molecule has 6 aromatic carbocycles. The third kappa shape index (κ3) is 14.9. The van der Waals surface area contributed by atoms with Gasteiger partial charge >= 0.3 is 5.97 Å². The molecule has 0 atom stereocenters. The number of ether oxygens (including phenoxy) is 1. The van der Waals surface area contributed by atoms with Gasteiger partial charge in [-0.15, -0.1) is 0 Å². The highest BCUT2D eigenvalue weighted by atomic mass is 79.9. The van der Waals surface area contributed by atoms with Crippen LogP contribution in [0.1, 0.15) is 67.2 Å². The minimum atomic E-state index is -2.00. The summed E-state index contributed by atoms with van der Waals surface area (Å²) < 4.78 is 63.3. The molecular weight excluding hydrogens is 900 g/mol. The molecule has 0 saturated heterocycles. The van der Waals surface area contributed by atoms with Crippen LogP contribution in [0.5, 0.6) is 5.75 Å². The van der Waals surface area contributed by atoms with Crippen LogP contribution in [0.4, 0.5) is 23.2 Å². The molecule has 0 bridgehead atoms. The predicted octanol–water partition coefficient (Wildman–Crippen LogP) is 12.6. The zero-order valence-electron chi connectivity index (χ0n) is 32.2. The first-order chi connectivity index (χ1) is 27.2. The summed E-state index contributed by atoms with van der Waals surface area (Å²) in [6.07, 6.45) is 0. The number of halogens is 6. The average molecular weight is 943 g/mol. The summed E-state index contributed by atoms with van der Waals surface area (Å²) in [5.41, 5.74) is 4.31. The third-order valence-corrected chi connectivity index (χ3v) is 8.60. The predicted molar refractivity (Wildman–Crippen MR) is 234 cm³/mol. The van der Waals surface area contributed by atoms with Crippen molar-refractivity contribution in [2.45, 2.75) is 41.2 Å². The van der Waals surface area contributed by atoms with E-state index in [-0.39, 0.29) is 31.5 Å². The number of hydrogen-bond acceptors (Lipinski definition) is 4. The van der Waals surface area contributed by atoms with Gasteiger partial charge in [0.2, 0.25) is 17.4 Å². The molecule has 2 N–H and O–H groups in total. The van der Waals surface area contributed by atoms with Gasteiger partial charge < -0.3 is 15.4 Å². The fraction of sp³-hybridized carbons (Fsp3) is 0.133. The van der Waals surface area contributed by atoms with Gasteiger partial charge in [-0.1, -0.05) is 141 Å². The Hall–Kier alpha value is -5.24. The second kappa shape index (κ2) is 24.5. The molecule has 304 valence electrons. The first-order valence-corrected chi connectivity index (χ1v) is 19.1. The van der Waals surface area contributed by atoms with Crippen molar-refractivity contribution >= 4 is 68.8 Å². The Balaban J connectivity index is 0.000000346. The van der Waals surface area contributed by atoms with Crippen molar-refractivity contribution in [3.05, 3.63) is 199 Å². The van der Waals surface area contributed by atoms with Crippen molar-refractivity contribution < 1.29 is 36.7 Å². The van der Waals surface area contributed by atoms with E-state index in [1.807, 2.05) is 57.2 Å². The second-order valence-corrected chi connectivity index (χ2v) is 13.8. The molecule has 0 aliphatic heterocycles. The van der Waals surface area contributed by atoms with E-state index < -0.39 is 46.5 Å². The topological polar surface area (TPSA) is 84.5 Å². The van der Waals surface area contributed by atoms with Crippen molar-refractivity contribution in [2.75, 3.05) is 5.32 Å². The molecule has 2 amide bonds. The van der Waals surface area contributed by atoms with Crippen LogP contribution >= 0.6 is 45.4 Å². The molecular formula is C45H42Br2F4N2O4S. The SMILES string of the molecule is CC.Cc1ccc(C)cc1.Cc1ccc(NC(=O)c2cccc(Br)c2)cc1.O=C(Oc1c(F)c(F)c(C(=O)NCc2ccccc2)c(F)c1F)c1cccc(Br)c1.S. The number of benzene rings is 6. The lowest BCUT2D eigenvalue weighted by Gasteiger charge is -2.12. The minimum absolute atomic E-state index is 0. The molecule has 0 unspecified atom stereocenters. The van der Waals surface area contributed by atoms with Gasteiger partial charge in [0.05, 0.1) is 5.56 Å². The van der Waals surface area contributed by atoms with Gasteiger partial charge in [-0.25, -0.2) is 13.6 Å². The van der Waals surface area contributed by atoms with Gasteiger partial charge in [0, 0.05) is 26.7 Å². The Bertz CT molecular complexity index is 2230. The molecule has 0 aliphatic carbocycles. The Morgan fingerprint density at radius 3 is 1.50 bits per heavy atom. The molecule has 0 fully saturated rings. The molecule has 13 heteroatoms. The number of anilines is 1. The normalized spacial score (nSPS) is 9.78. The summed E-state index contributed by atoms with van der Waals surface area (Å²) in [4.78, 5) is 36.1. The second-order valence-electron chi connectivity index (χ2n) is 12.0. The Kier molecular flexibility index (Phi) is 20.7. The number of carbonyl (C=O) groups is 3. The number of amides is 2. The largest absolute Gasteiger partial charge is 0.416 e. The molecule has 0 saturated carbocycles. The first kappa shape index (κ1) is 48.9. The minimum Gasteiger partial charge on any atom is -0.416 e. The monoisotopic (exact) mass is 940 g/mol. The molecule has 58 heavy (non-hydrogen) atoms.